The van der Waals surface area contributed by atoms with Crippen molar-refractivity contribution in [3.05, 3.63) is 52.5 Å². The fraction of sp³-hybridized carbons (Fsp3) is 0.250. The predicted octanol–water partition coefficient (Wildman–Crippen LogP) is 5.31. The Morgan fingerprint density at radius 2 is 1.83 bits per heavy atom. The van der Waals surface area contributed by atoms with E-state index in [1.807, 2.05) is 13.0 Å². The molecule has 0 aliphatic heterocycles. The van der Waals surface area contributed by atoms with Gasteiger partial charge in [0.15, 0.2) is 0 Å². The number of hydrogen-bond donors (Lipinski definition) is 3. The van der Waals surface area contributed by atoms with Crippen LogP contribution in [0.4, 0.5) is 11.4 Å². The van der Waals surface area contributed by atoms with Gasteiger partial charge in [0, 0.05) is 22.0 Å². The van der Waals surface area contributed by atoms with E-state index in [2.05, 4.69) is 10.6 Å². The lowest BCUT2D eigenvalue weighted by molar-refractivity contribution is -0.138. The van der Waals surface area contributed by atoms with Crippen molar-refractivity contribution in [3.63, 3.8) is 0 Å². The first-order chi connectivity index (χ1) is 13.8. The van der Waals surface area contributed by atoms with Crippen LogP contribution >= 0.6 is 35.0 Å². The quantitative estimate of drug-likeness (QED) is 0.446. The fourth-order valence-electron chi connectivity index (χ4n) is 2.38. The first-order valence-electron chi connectivity index (χ1n) is 8.82. The van der Waals surface area contributed by atoms with E-state index >= 15 is 0 Å². The zero-order chi connectivity index (χ0) is 21.4. The fourth-order valence-corrected chi connectivity index (χ4v) is 3.73. The topological polar surface area (TPSA) is 95.5 Å². The Balaban J connectivity index is 2.02. The third-order valence-electron chi connectivity index (χ3n) is 3.81. The van der Waals surface area contributed by atoms with Gasteiger partial charge in [-0.3, -0.25) is 14.4 Å². The summed E-state index contributed by atoms with van der Waals surface area (Å²) < 4.78 is 0. The molecular formula is C20H20Cl2N2O4S. The van der Waals surface area contributed by atoms with Crippen molar-refractivity contribution in [2.24, 2.45) is 0 Å². The Morgan fingerprint density at radius 3 is 2.52 bits per heavy atom. The van der Waals surface area contributed by atoms with Gasteiger partial charge in [-0.25, -0.2) is 0 Å². The highest BCUT2D eigenvalue weighted by Crippen LogP contribution is 2.30. The highest BCUT2D eigenvalue weighted by molar-refractivity contribution is 8.00. The summed E-state index contributed by atoms with van der Waals surface area (Å²) in [6.07, 6.45) is 0.237. The molecule has 0 heterocycles. The van der Waals surface area contributed by atoms with Gasteiger partial charge in [-0.2, -0.15) is 0 Å². The minimum absolute atomic E-state index is 0.104. The maximum atomic E-state index is 12.7. The van der Waals surface area contributed by atoms with Crippen molar-refractivity contribution in [2.75, 3.05) is 10.6 Å². The number of thioether (sulfide) groups is 1. The number of carbonyl (C=O) groups excluding carboxylic acids is 2. The number of carboxylic acid groups (broad SMARTS) is 1. The van der Waals surface area contributed by atoms with Crippen LogP contribution in [0.1, 0.15) is 26.2 Å². The van der Waals surface area contributed by atoms with E-state index in [9.17, 15) is 14.4 Å². The number of anilines is 2. The summed E-state index contributed by atoms with van der Waals surface area (Å²) in [6.45, 7) is 1.90. The number of carbonyl (C=O) groups is 3. The van der Waals surface area contributed by atoms with Gasteiger partial charge in [0.2, 0.25) is 11.8 Å². The van der Waals surface area contributed by atoms with Crippen molar-refractivity contribution in [3.8, 4) is 0 Å². The lowest BCUT2D eigenvalue weighted by Gasteiger charge is -2.16. The molecule has 2 amide bonds. The van der Waals surface area contributed by atoms with Crippen LogP contribution < -0.4 is 10.6 Å². The number of nitrogens with one attached hydrogen (secondary N) is 2. The zero-order valence-corrected chi connectivity index (χ0v) is 17.9. The van der Waals surface area contributed by atoms with Crippen LogP contribution in [0.2, 0.25) is 10.0 Å². The molecule has 9 heteroatoms. The highest BCUT2D eigenvalue weighted by atomic mass is 35.5. The molecule has 1 atom stereocenters. The molecule has 0 radical (unpaired) electrons. The standard InChI is InChI=1S/C20H20Cl2N2O4S/c1-2-17(20(28)24-16-10-12(21)6-7-15(16)22)29-14-5-3-4-13(11-14)23-18(25)8-9-19(26)27/h3-7,10-11,17H,2,8-9H2,1H3,(H,23,25)(H,24,28)(H,26,27). The molecule has 0 saturated heterocycles. The predicted molar refractivity (Wildman–Crippen MR) is 117 cm³/mol. The van der Waals surface area contributed by atoms with Crippen LogP contribution in [0.5, 0.6) is 0 Å². The SMILES string of the molecule is CCC(Sc1cccc(NC(=O)CCC(=O)O)c1)C(=O)Nc1cc(Cl)ccc1Cl. The van der Waals surface area contributed by atoms with E-state index in [0.717, 1.165) is 4.90 Å². The molecule has 1 unspecified atom stereocenters. The minimum atomic E-state index is -1.03. The van der Waals surface area contributed by atoms with E-state index in [4.69, 9.17) is 28.3 Å². The Kier molecular flexibility index (Phi) is 8.82. The molecule has 0 aliphatic rings. The van der Waals surface area contributed by atoms with Crippen LogP contribution in [0, 0.1) is 0 Å². The Bertz CT molecular complexity index is 908. The molecule has 0 aromatic heterocycles. The van der Waals surface area contributed by atoms with Gasteiger partial charge in [0.25, 0.3) is 0 Å². The largest absolute Gasteiger partial charge is 0.481 e. The van der Waals surface area contributed by atoms with E-state index in [1.165, 1.54) is 11.8 Å². The summed E-state index contributed by atoms with van der Waals surface area (Å²) >= 11 is 13.4. The second kappa shape index (κ2) is 11.1. The number of amides is 2. The highest BCUT2D eigenvalue weighted by Gasteiger charge is 2.19. The molecule has 2 aromatic carbocycles. The molecule has 3 N–H and O–H groups in total. The lowest BCUT2D eigenvalue weighted by atomic mass is 10.2. The Hall–Kier alpha value is -2.22. The Labute approximate surface area is 183 Å². The van der Waals surface area contributed by atoms with Crippen LogP contribution in [-0.2, 0) is 14.4 Å². The van der Waals surface area contributed by atoms with Crippen LogP contribution in [-0.4, -0.2) is 28.1 Å². The van der Waals surface area contributed by atoms with Gasteiger partial charge in [-0.05, 0) is 42.8 Å². The van der Waals surface area contributed by atoms with Gasteiger partial charge in [-0.15, -0.1) is 11.8 Å². The molecule has 0 fully saturated rings. The van der Waals surface area contributed by atoms with Crippen LogP contribution in [0.3, 0.4) is 0 Å². The number of benzene rings is 2. The molecule has 2 aromatic rings. The van der Waals surface area contributed by atoms with Gasteiger partial charge in [0.1, 0.15) is 0 Å². The Morgan fingerprint density at radius 1 is 1.07 bits per heavy atom. The van der Waals surface area contributed by atoms with Crippen molar-refractivity contribution >= 4 is 64.1 Å². The molecule has 0 saturated carbocycles. The van der Waals surface area contributed by atoms with Crippen molar-refractivity contribution < 1.29 is 19.5 Å². The summed E-state index contributed by atoms with van der Waals surface area (Å²) in [6, 6.07) is 11.9. The summed E-state index contributed by atoms with van der Waals surface area (Å²) in [4.78, 5) is 35.8. The third kappa shape index (κ3) is 7.61. The lowest BCUT2D eigenvalue weighted by Crippen LogP contribution is -2.24. The van der Waals surface area contributed by atoms with Gasteiger partial charge >= 0.3 is 5.97 Å². The van der Waals surface area contributed by atoms with E-state index in [-0.39, 0.29) is 29.9 Å². The maximum absolute atomic E-state index is 12.7. The summed E-state index contributed by atoms with van der Waals surface area (Å²) in [5.41, 5.74) is 0.987. The summed E-state index contributed by atoms with van der Waals surface area (Å²) in [5.74, 6) is -1.62. The molecule has 0 spiro atoms. The van der Waals surface area contributed by atoms with E-state index in [1.54, 1.807) is 36.4 Å². The average Bonchev–Trinajstić information content (AvgIpc) is 2.67. The van der Waals surface area contributed by atoms with Gasteiger partial charge in [0.05, 0.1) is 22.4 Å². The maximum Gasteiger partial charge on any atom is 0.303 e. The first-order valence-corrected chi connectivity index (χ1v) is 10.5. The van der Waals surface area contributed by atoms with Crippen molar-refractivity contribution in [1.82, 2.24) is 0 Å². The number of hydrogen-bond acceptors (Lipinski definition) is 4. The molecule has 29 heavy (non-hydrogen) atoms. The normalized spacial score (nSPS) is 11.6. The van der Waals surface area contributed by atoms with Crippen molar-refractivity contribution in [2.45, 2.75) is 36.3 Å². The second-order valence-corrected chi connectivity index (χ2v) is 8.22. The molecule has 6 nitrogen and oxygen atoms in total. The average molecular weight is 455 g/mol. The van der Waals surface area contributed by atoms with Crippen LogP contribution in [0.15, 0.2) is 47.4 Å². The zero-order valence-electron chi connectivity index (χ0n) is 15.6. The number of halogens is 2. The molecule has 154 valence electrons. The van der Waals surface area contributed by atoms with Gasteiger partial charge in [-0.1, -0.05) is 36.2 Å². The number of aliphatic carboxylic acids is 1. The van der Waals surface area contributed by atoms with Crippen LogP contribution in [0.25, 0.3) is 0 Å². The second-order valence-electron chi connectivity index (χ2n) is 6.10. The summed E-state index contributed by atoms with van der Waals surface area (Å²) in [5, 5.41) is 14.6. The molecular weight excluding hydrogens is 435 g/mol. The first kappa shape index (κ1) is 23.1. The minimum Gasteiger partial charge on any atom is -0.481 e. The molecule has 0 bridgehead atoms. The smallest absolute Gasteiger partial charge is 0.303 e. The third-order valence-corrected chi connectivity index (χ3v) is 5.73. The van der Waals surface area contributed by atoms with Gasteiger partial charge < -0.3 is 15.7 Å². The number of rotatable bonds is 9. The molecule has 2 rings (SSSR count). The molecule has 0 aliphatic carbocycles. The monoisotopic (exact) mass is 454 g/mol. The van der Waals surface area contributed by atoms with E-state index < -0.39 is 5.97 Å². The summed E-state index contributed by atoms with van der Waals surface area (Å²) in [7, 11) is 0. The number of carboxylic acids is 1. The van der Waals surface area contributed by atoms with Crippen molar-refractivity contribution in [1.29, 1.82) is 0 Å². The van der Waals surface area contributed by atoms with E-state index in [0.29, 0.717) is 27.8 Å².